The van der Waals surface area contributed by atoms with E-state index in [9.17, 15) is 0 Å². The molecule has 3 heteroatoms. The molecule has 0 saturated heterocycles. The van der Waals surface area contributed by atoms with Gasteiger partial charge >= 0.3 is 0 Å². The van der Waals surface area contributed by atoms with Crippen molar-refractivity contribution in [3.63, 3.8) is 0 Å². The standard InChI is InChI=1S/C12H12N2O/c1-10(6-7-13)11-2-4-12(5-3-11)15-9-8-14/h2-5,10H,6,9H2,1H3. The van der Waals surface area contributed by atoms with Gasteiger partial charge in [-0.15, -0.1) is 0 Å². The maximum absolute atomic E-state index is 8.56. The molecule has 0 amide bonds. The van der Waals surface area contributed by atoms with E-state index in [0.717, 1.165) is 5.56 Å². The Labute approximate surface area is 89.5 Å². The van der Waals surface area contributed by atoms with Crippen LogP contribution in [0, 0.1) is 22.7 Å². The Balaban J connectivity index is 2.65. The molecule has 1 rings (SSSR count). The van der Waals surface area contributed by atoms with Crippen molar-refractivity contribution in [3.05, 3.63) is 29.8 Å². The topological polar surface area (TPSA) is 56.8 Å². The van der Waals surface area contributed by atoms with Gasteiger partial charge in [0, 0.05) is 6.42 Å². The van der Waals surface area contributed by atoms with E-state index in [4.69, 9.17) is 15.3 Å². The molecule has 0 aliphatic rings. The molecule has 0 bridgehead atoms. The predicted molar refractivity (Wildman–Crippen MR) is 56.2 cm³/mol. The van der Waals surface area contributed by atoms with Gasteiger partial charge in [0.25, 0.3) is 0 Å². The summed E-state index contributed by atoms with van der Waals surface area (Å²) >= 11 is 0. The van der Waals surface area contributed by atoms with Crippen molar-refractivity contribution in [3.8, 4) is 17.9 Å². The van der Waals surface area contributed by atoms with Gasteiger partial charge in [0.05, 0.1) is 6.07 Å². The summed E-state index contributed by atoms with van der Waals surface area (Å²) in [6.45, 7) is 2.07. The Morgan fingerprint density at radius 3 is 2.40 bits per heavy atom. The van der Waals surface area contributed by atoms with Crippen LogP contribution in [-0.4, -0.2) is 6.61 Å². The third-order valence-corrected chi connectivity index (χ3v) is 2.15. The predicted octanol–water partition coefficient (Wildman–Crippen LogP) is 2.61. The van der Waals surface area contributed by atoms with Crippen LogP contribution in [0.1, 0.15) is 24.8 Å². The molecule has 1 atom stereocenters. The maximum atomic E-state index is 8.56. The second kappa shape index (κ2) is 5.67. The van der Waals surface area contributed by atoms with Gasteiger partial charge in [-0.3, -0.25) is 0 Å². The summed E-state index contributed by atoms with van der Waals surface area (Å²) in [6.07, 6.45) is 0.512. The Kier molecular flexibility index (Phi) is 4.19. The van der Waals surface area contributed by atoms with Crippen molar-refractivity contribution in [2.24, 2.45) is 0 Å². The van der Waals surface area contributed by atoms with Crippen LogP contribution < -0.4 is 4.74 Å². The van der Waals surface area contributed by atoms with Crippen molar-refractivity contribution in [2.75, 3.05) is 6.61 Å². The fourth-order valence-electron chi connectivity index (χ4n) is 1.26. The summed E-state index contributed by atoms with van der Waals surface area (Å²) < 4.78 is 5.12. The fourth-order valence-corrected chi connectivity index (χ4v) is 1.26. The molecule has 0 spiro atoms. The normalized spacial score (nSPS) is 11.1. The molecule has 15 heavy (non-hydrogen) atoms. The molecule has 1 aromatic carbocycles. The smallest absolute Gasteiger partial charge is 0.174 e. The largest absolute Gasteiger partial charge is 0.479 e. The lowest BCUT2D eigenvalue weighted by atomic mass is 9.99. The van der Waals surface area contributed by atoms with Crippen LogP contribution >= 0.6 is 0 Å². The van der Waals surface area contributed by atoms with E-state index < -0.39 is 0 Å². The van der Waals surface area contributed by atoms with Crippen molar-refractivity contribution < 1.29 is 4.74 Å². The van der Waals surface area contributed by atoms with Gasteiger partial charge in [-0.25, -0.2) is 0 Å². The van der Waals surface area contributed by atoms with E-state index in [-0.39, 0.29) is 12.5 Å². The van der Waals surface area contributed by atoms with E-state index in [1.807, 2.05) is 37.3 Å². The monoisotopic (exact) mass is 200 g/mol. The van der Waals surface area contributed by atoms with Crippen molar-refractivity contribution in [1.29, 1.82) is 10.5 Å². The zero-order valence-corrected chi connectivity index (χ0v) is 8.60. The van der Waals surface area contributed by atoms with Gasteiger partial charge in [-0.05, 0) is 23.6 Å². The average Bonchev–Trinajstić information content (AvgIpc) is 2.27. The summed E-state index contributed by atoms with van der Waals surface area (Å²) in [6, 6.07) is 11.5. The molecule has 0 aliphatic carbocycles. The van der Waals surface area contributed by atoms with Crippen LogP contribution in [0.2, 0.25) is 0 Å². The molecule has 0 aromatic heterocycles. The second-order valence-electron chi connectivity index (χ2n) is 3.28. The summed E-state index contributed by atoms with van der Waals surface area (Å²) in [5.41, 5.74) is 1.11. The van der Waals surface area contributed by atoms with Crippen molar-refractivity contribution in [2.45, 2.75) is 19.3 Å². The van der Waals surface area contributed by atoms with Crippen molar-refractivity contribution >= 4 is 0 Å². The highest BCUT2D eigenvalue weighted by Gasteiger charge is 2.04. The van der Waals surface area contributed by atoms with Crippen LogP contribution in [0.15, 0.2) is 24.3 Å². The SMILES string of the molecule is CC(CC#N)c1ccc(OCC#N)cc1. The molecule has 0 fully saturated rings. The lowest BCUT2D eigenvalue weighted by Gasteiger charge is -2.08. The first-order chi connectivity index (χ1) is 7.27. The third-order valence-electron chi connectivity index (χ3n) is 2.15. The summed E-state index contributed by atoms with van der Waals surface area (Å²) in [7, 11) is 0. The third kappa shape index (κ3) is 3.32. The molecular formula is C12H12N2O. The van der Waals surface area contributed by atoms with Crippen LogP contribution in [-0.2, 0) is 0 Å². The molecule has 1 unspecified atom stereocenters. The van der Waals surface area contributed by atoms with Gasteiger partial charge in [-0.1, -0.05) is 19.1 Å². The number of ether oxygens (including phenoxy) is 1. The highest BCUT2D eigenvalue weighted by Crippen LogP contribution is 2.21. The minimum atomic E-state index is 0.0626. The van der Waals surface area contributed by atoms with Crippen LogP contribution in [0.4, 0.5) is 0 Å². The molecule has 76 valence electrons. The summed E-state index contributed by atoms with van der Waals surface area (Å²) in [5, 5.41) is 16.9. The number of rotatable bonds is 4. The molecule has 0 radical (unpaired) electrons. The van der Waals surface area contributed by atoms with E-state index in [1.165, 1.54) is 0 Å². The highest BCUT2D eigenvalue weighted by atomic mass is 16.5. The molecule has 1 aromatic rings. The molecule has 0 N–H and O–H groups in total. The number of benzene rings is 1. The summed E-state index contributed by atoms with van der Waals surface area (Å²) in [4.78, 5) is 0. The molecule has 3 nitrogen and oxygen atoms in total. The van der Waals surface area contributed by atoms with Crippen molar-refractivity contribution in [1.82, 2.24) is 0 Å². The number of nitrogens with zero attached hydrogens (tertiary/aromatic N) is 2. The Hall–Kier alpha value is -2.00. The quantitative estimate of drug-likeness (QED) is 0.750. The molecule has 0 aliphatic heterocycles. The van der Waals surface area contributed by atoms with Gasteiger partial charge in [0.15, 0.2) is 6.61 Å². The van der Waals surface area contributed by atoms with Crippen LogP contribution in [0.3, 0.4) is 0 Å². The first kappa shape index (κ1) is 11.1. The Morgan fingerprint density at radius 1 is 1.20 bits per heavy atom. The number of hydrogen-bond donors (Lipinski definition) is 0. The fraction of sp³-hybridized carbons (Fsp3) is 0.333. The van der Waals surface area contributed by atoms with Crippen LogP contribution in [0.25, 0.3) is 0 Å². The van der Waals surface area contributed by atoms with E-state index in [1.54, 1.807) is 0 Å². The lowest BCUT2D eigenvalue weighted by molar-refractivity contribution is 0.368. The molecule has 0 saturated carbocycles. The zero-order chi connectivity index (χ0) is 11.1. The zero-order valence-electron chi connectivity index (χ0n) is 8.60. The van der Waals surface area contributed by atoms with Gasteiger partial charge in [-0.2, -0.15) is 10.5 Å². The van der Waals surface area contributed by atoms with E-state index >= 15 is 0 Å². The number of hydrogen-bond acceptors (Lipinski definition) is 3. The number of nitriles is 2. The van der Waals surface area contributed by atoms with Gasteiger partial charge < -0.3 is 4.74 Å². The Bertz CT molecular complexity index is 384. The highest BCUT2D eigenvalue weighted by molar-refractivity contribution is 5.29. The lowest BCUT2D eigenvalue weighted by Crippen LogP contribution is -1.95. The van der Waals surface area contributed by atoms with E-state index in [0.29, 0.717) is 12.2 Å². The minimum absolute atomic E-state index is 0.0626. The first-order valence-corrected chi connectivity index (χ1v) is 4.74. The van der Waals surface area contributed by atoms with Crippen LogP contribution in [0.5, 0.6) is 5.75 Å². The Morgan fingerprint density at radius 2 is 1.87 bits per heavy atom. The second-order valence-corrected chi connectivity index (χ2v) is 3.28. The van der Waals surface area contributed by atoms with Gasteiger partial charge in [0.1, 0.15) is 11.8 Å². The molecule has 0 heterocycles. The molecular weight excluding hydrogens is 188 g/mol. The van der Waals surface area contributed by atoms with Gasteiger partial charge in [0.2, 0.25) is 0 Å². The minimum Gasteiger partial charge on any atom is -0.479 e. The average molecular weight is 200 g/mol. The van der Waals surface area contributed by atoms with E-state index in [2.05, 4.69) is 6.07 Å². The maximum Gasteiger partial charge on any atom is 0.174 e. The first-order valence-electron chi connectivity index (χ1n) is 4.74. The summed E-state index contributed by atoms with van der Waals surface area (Å²) in [5.74, 6) is 0.921.